The van der Waals surface area contributed by atoms with Gasteiger partial charge in [-0.05, 0) is 31.4 Å². The van der Waals surface area contributed by atoms with Crippen LogP contribution in [-0.4, -0.2) is 42.0 Å². The van der Waals surface area contributed by atoms with Crippen molar-refractivity contribution in [3.8, 4) is 0 Å². The Kier molecular flexibility index (Phi) is 3.91. The van der Waals surface area contributed by atoms with Crippen molar-refractivity contribution >= 4 is 21.6 Å². The van der Waals surface area contributed by atoms with Gasteiger partial charge in [-0.3, -0.25) is 0 Å². The first kappa shape index (κ1) is 13.7. The van der Waals surface area contributed by atoms with Crippen LogP contribution in [0.1, 0.15) is 18.4 Å². The maximum Gasteiger partial charge on any atom is 0.244 e. The van der Waals surface area contributed by atoms with Gasteiger partial charge in [0.1, 0.15) is 10.0 Å². The summed E-state index contributed by atoms with van der Waals surface area (Å²) in [5, 5.41) is 9.84. The predicted octanol–water partition coefficient (Wildman–Crippen LogP) is 1.19. The summed E-state index contributed by atoms with van der Waals surface area (Å²) in [6.07, 6.45) is 1.98. The van der Waals surface area contributed by atoms with E-state index in [1.54, 1.807) is 6.92 Å². The highest BCUT2D eigenvalue weighted by atomic mass is 35.5. The van der Waals surface area contributed by atoms with Crippen LogP contribution in [0.5, 0.6) is 0 Å². The topological polar surface area (TPSA) is 70.5 Å². The summed E-state index contributed by atoms with van der Waals surface area (Å²) in [7, 11) is -3.58. The maximum absolute atomic E-state index is 12.3. The Balaban J connectivity index is 2.32. The summed E-state index contributed by atoms with van der Waals surface area (Å²) < 4.78 is 26.0. The van der Waals surface area contributed by atoms with Crippen LogP contribution in [0.3, 0.4) is 0 Å². The fourth-order valence-corrected chi connectivity index (χ4v) is 3.61. The van der Waals surface area contributed by atoms with E-state index >= 15 is 0 Å². The lowest BCUT2D eigenvalue weighted by atomic mass is 10.1. The highest BCUT2D eigenvalue weighted by molar-refractivity contribution is 7.89. The van der Waals surface area contributed by atoms with E-state index in [0.29, 0.717) is 30.1 Å². The van der Waals surface area contributed by atoms with Crippen molar-refractivity contribution in [3.63, 3.8) is 0 Å². The lowest BCUT2D eigenvalue weighted by molar-refractivity contribution is 0.108. The summed E-state index contributed by atoms with van der Waals surface area (Å²) in [4.78, 5) is 3.98. The Labute approximate surface area is 111 Å². The fourth-order valence-electron chi connectivity index (χ4n) is 1.96. The zero-order valence-electron chi connectivity index (χ0n) is 10.0. The second-order valence-electron chi connectivity index (χ2n) is 4.44. The SMILES string of the molecule is Cc1cc(S(=O)(=O)N2CCCC(O)C2)cnc1Cl. The summed E-state index contributed by atoms with van der Waals surface area (Å²) in [6, 6.07) is 1.51. The third-order valence-electron chi connectivity index (χ3n) is 2.99. The molecule has 0 aliphatic carbocycles. The molecule has 2 rings (SSSR count). The number of hydrogen-bond acceptors (Lipinski definition) is 4. The molecule has 0 aromatic carbocycles. The number of aliphatic hydroxyl groups is 1. The van der Waals surface area contributed by atoms with E-state index in [2.05, 4.69) is 4.98 Å². The molecule has 5 nitrogen and oxygen atoms in total. The monoisotopic (exact) mass is 290 g/mol. The first-order valence-corrected chi connectivity index (χ1v) is 7.53. The van der Waals surface area contributed by atoms with Gasteiger partial charge in [0.25, 0.3) is 0 Å². The first-order chi connectivity index (χ1) is 8.41. The summed E-state index contributed by atoms with van der Waals surface area (Å²) >= 11 is 5.78. The van der Waals surface area contributed by atoms with E-state index in [1.807, 2.05) is 0 Å². The van der Waals surface area contributed by atoms with E-state index < -0.39 is 16.1 Å². The average Bonchev–Trinajstić information content (AvgIpc) is 2.32. The van der Waals surface area contributed by atoms with Crippen molar-refractivity contribution < 1.29 is 13.5 Å². The van der Waals surface area contributed by atoms with E-state index in [9.17, 15) is 13.5 Å². The molecule has 1 atom stereocenters. The molecule has 0 radical (unpaired) electrons. The van der Waals surface area contributed by atoms with Gasteiger partial charge in [0.15, 0.2) is 0 Å². The Bertz CT molecular complexity index is 547. The molecule has 7 heteroatoms. The standard InChI is InChI=1S/C11H15ClN2O3S/c1-8-5-10(6-13-11(8)12)18(16,17)14-4-2-3-9(15)7-14/h5-6,9,15H,2-4,7H2,1H3. The molecule has 100 valence electrons. The number of aryl methyl sites for hydroxylation is 1. The second kappa shape index (κ2) is 5.13. The minimum Gasteiger partial charge on any atom is -0.392 e. The molecule has 1 fully saturated rings. The van der Waals surface area contributed by atoms with Crippen LogP contribution in [0.15, 0.2) is 17.2 Å². The van der Waals surface area contributed by atoms with Crippen LogP contribution in [-0.2, 0) is 10.0 Å². The molecule has 1 N–H and O–H groups in total. The van der Waals surface area contributed by atoms with E-state index in [4.69, 9.17) is 11.6 Å². The van der Waals surface area contributed by atoms with Gasteiger partial charge in [-0.15, -0.1) is 0 Å². The molecule has 0 bridgehead atoms. The largest absolute Gasteiger partial charge is 0.392 e. The highest BCUT2D eigenvalue weighted by Gasteiger charge is 2.29. The van der Waals surface area contributed by atoms with Crippen LogP contribution >= 0.6 is 11.6 Å². The fraction of sp³-hybridized carbons (Fsp3) is 0.545. The lowest BCUT2D eigenvalue weighted by Crippen LogP contribution is -2.42. The van der Waals surface area contributed by atoms with Crippen LogP contribution in [0.2, 0.25) is 5.15 Å². The predicted molar refractivity (Wildman–Crippen MR) is 68.0 cm³/mol. The van der Waals surface area contributed by atoms with Gasteiger partial charge in [0, 0.05) is 19.3 Å². The van der Waals surface area contributed by atoms with Crippen molar-refractivity contribution in [2.45, 2.75) is 30.8 Å². The zero-order valence-corrected chi connectivity index (χ0v) is 11.6. The minimum absolute atomic E-state index is 0.124. The number of hydrogen-bond donors (Lipinski definition) is 1. The Morgan fingerprint density at radius 1 is 1.56 bits per heavy atom. The van der Waals surface area contributed by atoms with Crippen molar-refractivity contribution in [3.05, 3.63) is 23.0 Å². The molecule has 1 aromatic heterocycles. The molecular weight excluding hydrogens is 276 g/mol. The molecule has 0 spiro atoms. The first-order valence-electron chi connectivity index (χ1n) is 5.71. The molecule has 18 heavy (non-hydrogen) atoms. The second-order valence-corrected chi connectivity index (χ2v) is 6.73. The molecule has 0 amide bonds. The maximum atomic E-state index is 12.3. The minimum atomic E-state index is -3.58. The molecule has 1 aliphatic rings. The lowest BCUT2D eigenvalue weighted by Gasteiger charge is -2.29. The number of β-amino-alcohol motifs (C(OH)–C–C–N with tert-alkyl or cyclic N) is 1. The normalized spacial score (nSPS) is 22.1. The quantitative estimate of drug-likeness (QED) is 0.831. The summed E-state index contributed by atoms with van der Waals surface area (Å²) in [5.74, 6) is 0. The average molecular weight is 291 g/mol. The summed E-state index contributed by atoms with van der Waals surface area (Å²) in [5.41, 5.74) is 0.621. The van der Waals surface area contributed by atoms with Gasteiger partial charge in [-0.2, -0.15) is 4.31 Å². The molecule has 1 aromatic rings. The number of halogens is 1. The highest BCUT2D eigenvalue weighted by Crippen LogP contribution is 2.22. The van der Waals surface area contributed by atoms with Crippen molar-refractivity contribution in [1.82, 2.24) is 9.29 Å². The van der Waals surface area contributed by atoms with Gasteiger partial charge in [-0.1, -0.05) is 11.6 Å². The number of rotatable bonds is 2. The van der Waals surface area contributed by atoms with Gasteiger partial charge in [0.2, 0.25) is 10.0 Å². The van der Waals surface area contributed by atoms with Crippen LogP contribution in [0.4, 0.5) is 0 Å². The Morgan fingerprint density at radius 2 is 2.28 bits per heavy atom. The third-order valence-corrected chi connectivity index (χ3v) is 5.21. The van der Waals surface area contributed by atoms with Crippen LogP contribution in [0.25, 0.3) is 0 Å². The van der Waals surface area contributed by atoms with Crippen molar-refractivity contribution in [2.75, 3.05) is 13.1 Å². The number of nitrogens with zero attached hydrogens (tertiary/aromatic N) is 2. The van der Waals surface area contributed by atoms with Gasteiger partial charge in [0.05, 0.1) is 6.10 Å². The number of aliphatic hydroxyl groups excluding tert-OH is 1. The number of sulfonamides is 1. The number of pyridine rings is 1. The molecule has 1 unspecified atom stereocenters. The molecular formula is C11H15ClN2O3S. The number of piperidine rings is 1. The summed E-state index contributed by atoms with van der Waals surface area (Å²) in [6.45, 7) is 2.28. The van der Waals surface area contributed by atoms with Crippen LogP contribution < -0.4 is 0 Å². The van der Waals surface area contributed by atoms with Crippen molar-refractivity contribution in [1.29, 1.82) is 0 Å². The smallest absolute Gasteiger partial charge is 0.244 e. The Hall–Kier alpha value is -0.690. The van der Waals surface area contributed by atoms with E-state index in [0.717, 1.165) is 0 Å². The molecule has 1 aliphatic heterocycles. The van der Waals surface area contributed by atoms with Gasteiger partial charge >= 0.3 is 0 Å². The third kappa shape index (κ3) is 2.66. The van der Waals surface area contributed by atoms with Gasteiger partial charge in [-0.25, -0.2) is 13.4 Å². The molecule has 0 saturated carbocycles. The molecule has 2 heterocycles. The Morgan fingerprint density at radius 3 is 2.89 bits per heavy atom. The van der Waals surface area contributed by atoms with Crippen LogP contribution in [0, 0.1) is 6.92 Å². The molecule has 1 saturated heterocycles. The van der Waals surface area contributed by atoms with E-state index in [1.165, 1.54) is 16.6 Å². The van der Waals surface area contributed by atoms with Gasteiger partial charge < -0.3 is 5.11 Å². The van der Waals surface area contributed by atoms with Crippen molar-refractivity contribution in [2.24, 2.45) is 0 Å². The number of aromatic nitrogens is 1. The van der Waals surface area contributed by atoms with E-state index in [-0.39, 0.29) is 11.4 Å². The zero-order chi connectivity index (χ0) is 13.3.